The summed E-state index contributed by atoms with van der Waals surface area (Å²) in [5.41, 5.74) is 0.209. The van der Waals surface area contributed by atoms with Gasteiger partial charge in [-0.1, -0.05) is 5.21 Å². The van der Waals surface area contributed by atoms with Crippen LogP contribution in [0.15, 0.2) is 6.20 Å². The SMILES string of the molecule is CC(=O)N[C@@H](CCn1cc([C@@H]2OC(CO)[C@H](O)[C@H](O)C2O)nn1)C(C)=O. The molecular weight excluding hydrogens is 348 g/mol. The van der Waals surface area contributed by atoms with Crippen LogP contribution >= 0.6 is 0 Å². The van der Waals surface area contributed by atoms with Gasteiger partial charge in [-0.3, -0.25) is 14.3 Å². The van der Waals surface area contributed by atoms with Gasteiger partial charge in [-0.2, -0.15) is 0 Å². The minimum atomic E-state index is -1.50. The van der Waals surface area contributed by atoms with Crippen LogP contribution in [0.2, 0.25) is 0 Å². The lowest BCUT2D eigenvalue weighted by atomic mass is 9.94. The highest BCUT2D eigenvalue weighted by molar-refractivity contribution is 5.86. The van der Waals surface area contributed by atoms with Gasteiger partial charge in [0.1, 0.15) is 36.2 Å². The third kappa shape index (κ3) is 4.62. The maximum atomic E-state index is 11.5. The number of nitrogens with one attached hydrogen (secondary N) is 1. The first-order chi connectivity index (χ1) is 12.2. The summed E-state index contributed by atoms with van der Waals surface area (Å²) in [4.78, 5) is 22.7. The molecule has 1 fully saturated rings. The Morgan fingerprint density at radius 1 is 1.27 bits per heavy atom. The van der Waals surface area contributed by atoms with Crippen molar-refractivity contribution in [2.45, 2.75) is 63.4 Å². The van der Waals surface area contributed by atoms with Crippen LogP contribution in [-0.4, -0.2) is 84.2 Å². The van der Waals surface area contributed by atoms with Crippen molar-refractivity contribution in [3.8, 4) is 0 Å². The van der Waals surface area contributed by atoms with Gasteiger partial charge in [-0.25, -0.2) is 0 Å². The Labute approximate surface area is 149 Å². The topological polar surface area (TPSA) is 167 Å². The zero-order valence-corrected chi connectivity index (χ0v) is 14.5. The molecule has 0 spiro atoms. The number of carbonyl (C=O) groups is 2. The van der Waals surface area contributed by atoms with Gasteiger partial charge in [-0.05, 0) is 13.3 Å². The van der Waals surface area contributed by atoms with Crippen molar-refractivity contribution in [3.05, 3.63) is 11.9 Å². The van der Waals surface area contributed by atoms with Crippen molar-refractivity contribution >= 4 is 11.7 Å². The van der Waals surface area contributed by atoms with Gasteiger partial charge in [0.2, 0.25) is 5.91 Å². The van der Waals surface area contributed by atoms with Crippen LogP contribution < -0.4 is 5.32 Å². The van der Waals surface area contributed by atoms with Gasteiger partial charge >= 0.3 is 0 Å². The fraction of sp³-hybridized carbons (Fsp3) is 0.733. The van der Waals surface area contributed by atoms with Crippen LogP contribution in [0.1, 0.15) is 32.1 Å². The molecule has 1 saturated heterocycles. The molecule has 6 atom stereocenters. The molecule has 2 rings (SSSR count). The van der Waals surface area contributed by atoms with Crippen LogP contribution in [-0.2, 0) is 20.9 Å². The predicted molar refractivity (Wildman–Crippen MR) is 85.6 cm³/mol. The quantitative estimate of drug-likeness (QED) is 0.341. The van der Waals surface area contributed by atoms with E-state index in [0.717, 1.165) is 0 Å². The number of ketones is 1. The largest absolute Gasteiger partial charge is 0.394 e. The number of hydrogen-bond donors (Lipinski definition) is 5. The Balaban J connectivity index is 2.04. The van der Waals surface area contributed by atoms with Gasteiger partial charge in [0.25, 0.3) is 0 Å². The standard InChI is InChI=1S/C15H24N4O7/c1-7(21)9(16-8(2)22)3-4-19-5-10(17-18-19)15-14(25)13(24)12(23)11(6-20)26-15/h5,9,11-15,20,23-25H,3-4,6H2,1-2H3,(H,16,22)/t9-,11?,12-,13-,14?,15-/m0/s1. The summed E-state index contributed by atoms with van der Waals surface area (Å²) in [6.07, 6.45) is -4.73. The number of Topliss-reactive ketones (excluding diaryl/α,β-unsaturated/α-hetero) is 1. The summed E-state index contributed by atoms with van der Waals surface area (Å²) < 4.78 is 6.82. The Bertz CT molecular complexity index is 635. The number of carbonyl (C=O) groups excluding carboxylic acids is 2. The second-order valence-corrected chi connectivity index (χ2v) is 6.31. The lowest BCUT2D eigenvalue weighted by molar-refractivity contribution is -0.232. The average molecular weight is 372 g/mol. The fourth-order valence-corrected chi connectivity index (χ4v) is 2.78. The summed E-state index contributed by atoms with van der Waals surface area (Å²) in [7, 11) is 0. The lowest BCUT2D eigenvalue weighted by Crippen LogP contribution is -2.55. The fourth-order valence-electron chi connectivity index (χ4n) is 2.78. The number of aliphatic hydroxyl groups excluding tert-OH is 4. The van der Waals surface area contributed by atoms with E-state index in [1.165, 1.54) is 24.7 Å². The number of hydrogen-bond acceptors (Lipinski definition) is 9. The normalized spacial score (nSPS) is 30.0. The Hall–Kier alpha value is -1.92. The van der Waals surface area contributed by atoms with Crippen LogP contribution in [0.3, 0.4) is 0 Å². The van der Waals surface area contributed by atoms with E-state index in [2.05, 4.69) is 15.6 Å². The van der Waals surface area contributed by atoms with E-state index in [0.29, 0.717) is 6.42 Å². The third-order valence-corrected chi connectivity index (χ3v) is 4.26. The molecule has 5 N–H and O–H groups in total. The Morgan fingerprint density at radius 2 is 1.96 bits per heavy atom. The molecule has 2 unspecified atom stereocenters. The van der Waals surface area contributed by atoms with Crippen LogP contribution in [0, 0.1) is 0 Å². The molecule has 146 valence electrons. The maximum Gasteiger partial charge on any atom is 0.217 e. The third-order valence-electron chi connectivity index (χ3n) is 4.26. The average Bonchev–Trinajstić information content (AvgIpc) is 3.05. The van der Waals surface area contributed by atoms with E-state index in [1.54, 1.807) is 0 Å². The van der Waals surface area contributed by atoms with Crippen molar-refractivity contribution < 1.29 is 34.8 Å². The van der Waals surface area contributed by atoms with Crippen LogP contribution in [0.5, 0.6) is 0 Å². The van der Waals surface area contributed by atoms with Gasteiger partial charge < -0.3 is 30.5 Å². The summed E-state index contributed by atoms with van der Waals surface area (Å²) in [6, 6.07) is -0.646. The van der Waals surface area contributed by atoms with E-state index in [4.69, 9.17) is 4.74 Å². The van der Waals surface area contributed by atoms with Gasteiger partial charge in [-0.15, -0.1) is 5.10 Å². The van der Waals surface area contributed by atoms with E-state index in [9.17, 15) is 30.0 Å². The summed E-state index contributed by atoms with van der Waals surface area (Å²) in [5, 5.41) is 49.2. The Kier molecular flexibility index (Phi) is 6.78. The van der Waals surface area contributed by atoms with E-state index < -0.39 is 43.2 Å². The number of amides is 1. The van der Waals surface area contributed by atoms with Crippen LogP contribution in [0.25, 0.3) is 0 Å². The molecule has 1 aromatic heterocycles. The molecule has 0 aromatic carbocycles. The first-order valence-corrected chi connectivity index (χ1v) is 8.22. The molecule has 26 heavy (non-hydrogen) atoms. The number of nitrogens with zero attached hydrogens (tertiary/aromatic N) is 3. The van der Waals surface area contributed by atoms with E-state index >= 15 is 0 Å². The zero-order chi connectivity index (χ0) is 19.4. The highest BCUT2D eigenvalue weighted by Gasteiger charge is 2.45. The number of aromatic nitrogens is 3. The summed E-state index contributed by atoms with van der Waals surface area (Å²) in [6.45, 7) is 2.44. The van der Waals surface area contributed by atoms with E-state index in [1.807, 2.05) is 0 Å². The monoisotopic (exact) mass is 372 g/mol. The minimum absolute atomic E-state index is 0.186. The number of ether oxygens (including phenoxy) is 1. The molecule has 0 bridgehead atoms. The van der Waals surface area contributed by atoms with Crippen molar-refractivity contribution in [3.63, 3.8) is 0 Å². The van der Waals surface area contributed by atoms with Gasteiger partial charge in [0.05, 0.1) is 18.8 Å². The molecule has 0 radical (unpaired) electrons. The second kappa shape index (κ2) is 8.64. The number of aryl methyl sites for hydroxylation is 1. The molecule has 0 aliphatic carbocycles. The van der Waals surface area contributed by atoms with Gasteiger partial charge in [0, 0.05) is 13.5 Å². The molecule has 0 saturated carbocycles. The molecule has 1 aromatic rings. The zero-order valence-electron chi connectivity index (χ0n) is 14.5. The maximum absolute atomic E-state index is 11.5. The van der Waals surface area contributed by atoms with Crippen molar-refractivity contribution in [1.29, 1.82) is 0 Å². The molecule has 1 aliphatic heterocycles. The number of aliphatic hydroxyl groups is 4. The highest BCUT2D eigenvalue weighted by Crippen LogP contribution is 2.31. The molecule has 2 heterocycles. The molecular formula is C15H24N4O7. The lowest BCUT2D eigenvalue weighted by Gasteiger charge is -2.39. The molecule has 11 heteroatoms. The van der Waals surface area contributed by atoms with Crippen LogP contribution in [0.4, 0.5) is 0 Å². The van der Waals surface area contributed by atoms with Crippen molar-refractivity contribution in [2.24, 2.45) is 0 Å². The van der Waals surface area contributed by atoms with E-state index in [-0.39, 0.29) is 23.9 Å². The minimum Gasteiger partial charge on any atom is -0.394 e. The number of rotatable bonds is 7. The highest BCUT2D eigenvalue weighted by atomic mass is 16.5. The first-order valence-electron chi connectivity index (χ1n) is 8.22. The first kappa shape index (κ1) is 20.4. The molecule has 11 nitrogen and oxygen atoms in total. The molecule has 1 aliphatic rings. The smallest absolute Gasteiger partial charge is 0.217 e. The molecule has 1 amide bonds. The predicted octanol–water partition coefficient (Wildman–Crippen LogP) is -2.72. The van der Waals surface area contributed by atoms with Crippen molar-refractivity contribution in [2.75, 3.05) is 6.61 Å². The van der Waals surface area contributed by atoms with Gasteiger partial charge in [0.15, 0.2) is 5.78 Å². The summed E-state index contributed by atoms with van der Waals surface area (Å²) in [5.74, 6) is -0.500. The second-order valence-electron chi connectivity index (χ2n) is 6.31. The Morgan fingerprint density at radius 3 is 2.54 bits per heavy atom. The summed E-state index contributed by atoms with van der Waals surface area (Å²) >= 11 is 0. The van der Waals surface area contributed by atoms with Crippen molar-refractivity contribution in [1.82, 2.24) is 20.3 Å².